The molecule has 0 saturated carbocycles. The molecule has 4 heterocycles. The van der Waals surface area contributed by atoms with Gasteiger partial charge in [-0.05, 0) is 35.4 Å². The van der Waals surface area contributed by atoms with E-state index in [2.05, 4.69) is 54.4 Å². The van der Waals surface area contributed by atoms with Crippen molar-refractivity contribution in [2.24, 2.45) is 0 Å². The van der Waals surface area contributed by atoms with Crippen LogP contribution in [0.4, 0.5) is 5.82 Å². The average molecular weight is 492 g/mol. The number of fused-ring (bicyclic) bond motifs is 1. The van der Waals surface area contributed by atoms with Gasteiger partial charge in [0.25, 0.3) is 0 Å². The number of anilines is 1. The molecule has 5 rings (SSSR count). The molecule has 9 heteroatoms. The minimum Gasteiger partial charge on any atom is -0.383 e. The predicted molar refractivity (Wildman–Crippen MR) is 126 cm³/mol. The first-order valence-corrected chi connectivity index (χ1v) is 11.2. The van der Waals surface area contributed by atoms with Crippen molar-refractivity contribution in [2.75, 3.05) is 25.4 Å². The van der Waals surface area contributed by atoms with E-state index in [1.54, 1.807) is 0 Å². The van der Waals surface area contributed by atoms with Gasteiger partial charge in [0, 0.05) is 23.5 Å². The zero-order valence-corrected chi connectivity index (χ0v) is 19.1. The molecule has 0 aliphatic carbocycles. The van der Waals surface area contributed by atoms with E-state index in [-0.39, 0.29) is 12.0 Å². The summed E-state index contributed by atoms with van der Waals surface area (Å²) in [5.74, 6) is 0.434. The Balaban J connectivity index is 1.60. The van der Waals surface area contributed by atoms with Gasteiger partial charge in [0.1, 0.15) is 23.9 Å². The van der Waals surface area contributed by atoms with Crippen molar-refractivity contribution < 1.29 is 4.74 Å². The summed E-state index contributed by atoms with van der Waals surface area (Å²) in [4.78, 5) is 13.3. The van der Waals surface area contributed by atoms with Crippen molar-refractivity contribution in [2.45, 2.75) is 18.9 Å². The fourth-order valence-electron chi connectivity index (χ4n) is 3.99. The fraction of sp³-hybridized carbons (Fsp3) is 0.261. The van der Waals surface area contributed by atoms with Crippen LogP contribution in [0.2, 0.25) is 0 Å². The normalized spacial score (nSPS) is 17.4. The summed E-state index contributed by atoms with van der Waals surface area (Å²) >= 11 is 3.67. The van der Waals surface area contributed by atoms with Crippen molar-refractivity contribution >= 4 is 32.8 Å². The number of halogens is 1. The van der Waals surface area contributed by atoms with Gasteiger partial charge < -0.3 is 15.8 Å². The van der Waals surface area contributed by atoms with Crippen LogP contribution in [-0.2, 0) is 4.74 Å². The molecule has 8 nitrogen and oxygen atoms in total. The number of nitrogens with one attached hydrogen (secondary N) is 1. The van der Waals surface area contributed by atoms with Crippen molar-refractivity contribution in [1.82, 2.24) is 30.5 Å². The zero-order chi connectivity index (χ0) is 22.1. The number of aromatic nitrogens is 5. The van der Waals surface area contributed by atoms with Gasteiger partial charge in [-0.3, -0.25) is 0 Å². The molecule has 1 saturated heterocycles. The van der Waals surface area contributed by atoms with Crippen LogP contribution in [0.3, 0.4) is 0 Å². The Labute approximate surface area is 193 Å². The van der Waals surface area contributed by atoms with Crippen LogP contribution in [0.25, 0.3) is 22.4 Å². The molecule has 3 N–H and O–H groups in total. The molecule has 3 aromatic heterocycles. The van der Waals surface area contributed by atoms with Gasteiger partial charge in [0.05, 0.1) is 23.4 Å². The monoisotopic (exact) mass is 491 g/mol. The first-order chi connectivity index (χ1) is 15.6. The number of benzene rings is 1. The van der Waals surface area contributed by atoms with Gasteiger partial charge >= 0.3 is 0 Å². The molecule has 1 aliphatic rings. The highest BCUT2D eigenvalue weighted by atomic mass is 79.9. The molecule has 1 aliphatic heterocycles. The van der Waals surface area contributed by atoms with E-state index in [9.17, 15) is 0 Å². The Morgan fingerprint density at radius 3 is 2.72 bits per heavy atom. The van der Waals surface area contributed by atoms with Gasteiger partial charge in [0.2, 0.25) is 0 Å². The van der Waals surface area contributed by atoms with Gasteiger partial charge in [0.15, 0.2) is 5.65 Å². The topological polar surface area (TPSA) is 112 Å². The number of nitrogens with zero attached hydrogens (tertiary/aromatic N) is 5. The number of pyridine rings is 1. The molecular formula is C23H22BrN7O. The summed E-state index contributed by atoms with van der Waals surface area (Å²) in [6, 6.07) is 14.0. The van der Waals surface area contributed by atoms with E-state index in [0.717, 1.165) is 39.8 Å². The van der Waals surface area contributed by atoms with Crippen molar-refractivity contribution in [3.63, 3.8) is 0 Å². The summed E-state index contributed by atoms with van der Waals surface area (Å²) in [5.41, 5.74) is 11.1. The van der Waals surface area contributed by atoms with Crippen LogP contribution >= 0.6 is 15.9 Å². The highest BCUT2D eigenvalue weighted by Gasteiger charge is 2.21. The molecular weight excluding hydrogens is 470 g/mol. The maximum atomic E-state index is 6.25. The lowest BCUT2D eigenvalue weighted by molar-refractivity contribution is 0.0245. The molecule has 1 fully saturated rings. The van der Waals surface area contributed by atoms with E-state index < -0.39 is 0 Å². The molecule has 162 valence electrons. The first kappa shape index (κ1) is 20.9. The molecule has 2 unspecified atom stereocenters. The fourth-order valence-corrected chi connectivity index (χ4v) is 4.62. The minimum absolute atomic E-state index is 0.0251. The number of nitrogen functional groups attached to an aromatic ring is 1. The molecule has 0 amide bonds. The first-order valence-electron chi connectivity index (χ1n) is 10.4. The van der Waals surface area contributed by atoms with Crippen LogP contribution < -0.4 is 11.1 Å². The van der Waals surface area contributed by atoms with Crippen LogP contribution in [0, 0.1) is 0 Å². The third kappa shape index (κ3) is 3.94. The van der Waals surface area contributed by atoms with Gasteiger partial charge in [-0.2, -0.15) is 5.10 Å². The molecule has 0 radical (unpaired) electrons. The highest BCUT2D eigenvalue weighted by Crippen LogP contribution is 2.36. The third-order valence-electron chi connectivity index (χ3n) is 5.71. The van der Waals surface area contributed by atoms with Gasteiger partial charge in [-0.1, -0.05) is 41.1 Å². The SMILES string of the molecule is CC(c1ccccc1Br)c1cc(-c2ccc(C3CNCCO3)nn2)nc2ncnc(N)c12. The van der Waals surface area contributed by atoms with Gasteiger partial charge in [-0.15, -0.1) is 5.10 Å². The number of hydrogen-bond donors (Lipinski definition) is 2. The Morgan fingerprint density at radius 2 is 1.97 bits per heavy atom. The maximum Gasteiger partial charge on any atom is 0.165 e. The quantitative estimate of drug-likeness (QED) is 0.444. The highest BCUT2D eigenvalue weighted by molar-refractivity contribution is 9.10. The van der Waals surface area contributed by atoms with Crippen LogP contribution in [0.15, 0.2) is 53.3 Å². The number of ether oxygens (including phenoxy) is 1. The minimum atomic E-state index is -0.0894. The zero-order valence-electron chi connectivity index (χ0n) is 17.5. The lowest BCUT2D eigenvalue weighted by atomic mass is 9.90. The van der Waals surface area contributed by atoms with E-state index in [1.165, 1.54) is 6.33 Å². The molecule has 1 aromatic carbocycles. The average Bonchev–Trinajstić information content (AvgIpc) is 2.84. The van der Waals surface area contributed by atoms with Crippen molar-refractivity contribution in [1.29, 1.82) is 0 Å². The Hall–Kier alpha value is -3.01. The number of morpholine rings is 1. The third-order valence-corrected chi connectivity index (χ3v) is 6.43. The Morgan fingerprint density at radius 1 is 1.09 bits per heavy atom. The summed E-state index contributed by atoms with van der Waals surface area (Å²) in [6.07, 6.45) is 1.34. The Kier molecular flexibility index (Phi) is 5.77. The van der Waals surface area contributed by atoms with Crippen LogP contribution in [0.5, 0.6) is 0 Å². The summed E-state index contributed by atoms with van der Waals surface area (Å²) in [5, 5.41) is 12.9. The summed E-state index contributed by atoms with van der Waals surface area (Å²) in [7, 11) is 0. The lowest BCUT2D eigenvalue weighted by Crippen LogP contribution is -2.33. The lowest BCUT2D eigenvalue weighted by Gasteiger charge is -2.22. The number of hydrogen-bond acceptors (Lipinski definition) is 8. The second-order valence-electron chi connectivity index (χ2n) is 7.70. The van der Waals surface area contributed by atoms with Crippen LogP contribution in [0.1, 0.15) is 35.8 Å². The Bertz CT molecular complexity index is 1260. The van der Waals surface area contributed by atoms with Crippen molar-refractivity contribution in [3.8, 4) is 11.4 Å². The van der Waals surface area contributed by atoms with Crippen molar-refractivity contribution in [3.05, 3.63) is 70.1 Å². The second kappa shape index (κ2) is 8.85. The molecule has 0 bridgehead atoms. The smallest absolute Gasteiger partial charge is 0.165 e. The second-order valence-corrected chi connectivity index (χ2v) is 8.56. The largest absolute Gasteiger partial charge is 0.383 e. The van der Waals surface area contributed by atoms with Crippen LogP contribution in [-0.4, -0.2) is 44.8 Å². The van der Waals surface area contributed by atoms with E-state index in [1.807, 2.05) is 36.4 Å². The van der Waals surface area contributed by atoms with Gasteiger partial charge in [-0.25, -0.2) is 15.0 Å². The molecule has 4 aromatic rings. The molecule has 32 heavy (non-hydrogen) atoms. The number of nitrogens with two attached hydrogens (primary N) is 1. The standard InChI is InChI=1S/C23H22BrN7O/c1-13(14-4-2-3-5-16(14)24)15-10-19(29-23-21(15)22(25)27-12-28-23)17-6-7-18(31-30-17)20-11-26-8-9-32-20/h2-7,10,12-13,20,26H,8-9,11H2,1H3,(H2,25,27,28,29). The molecule has 0 spiro atoms. The summed E-state index contributed by atoms with van der Waals surface area (Å²) in [6.45, 7) is 4.38. The maximum absolute atomic E-state index is 6.25. The van der Waals surface area contributed by atoms with E-state index >= 15 is 0 Å². The summed E-state index contributed by atoms with van der Waals surface area (Å²) < 4.78 is 6.80. The van der Waals surface area contributed by atoms with E-state index in [0.29, 0.717) is 29.5 Å². The van der Waals surface area contributed by atoms with E-state index in [4.69, 9.17) is 15.5 Å². The number of rotatable bonds is 4. The molecule has 2 atom stereocenters. The predicted octanol–water partition coefficient (Wildman–Crippen LogP) is 3.64.